The number of benzene rings is 1. The van der Waals surface area contributed by atoms with Crippen LogP contribution in [0.4, 0.5) is 17.5 Å². The Labute approximate surface area is 177 Å². The summed E-state index contributed by atoms with van der Waals surface area (Å²) < 4.78 is 33.7. The molecule has 4 heterocycles. The molecule has 31 heavy (non-hydrogen) atoms. The lowest BCUT2D eigenvalue weighted by Crippen LogP contribution is -2.45. The van der Waals surface area contributed by atoms with Gasteiger partial charge >= 0.3 is 0 Å². The smallest absolute Gasteiger partial charge is 0.269 e. The van der Waals surface area contributed by atoms with Crippen LogP contribution in [0.3, 0.4) is 0 Å². The van der Waals surface area contributed by atoms with Crippen molar-refractivity contribution >= 4 is 38.5 Å². The van der Waals surface area contributed by atoms with E-state index in [9.17, 15) is 8.42 Å². The zero-order valence-corrected chi connectivity index (χ0v) is 17.6. The summed E-state index contributed by atoms with van der Waals surface area (Å²) in [5.41, 5.74) is 8.19. The summed E-state index contributed by atoms with van der Waals surface area (Å²) >= 11 is 0. The molecule has 1 aliphatic heterocycles. The number of aryl methyl sites for hydroxylation is 2. The van der Waals surface area contributed by atoms with Crippen LogP contribution in [0.25, 0.3) is 11.0 Å². The second-order valence-electron chi connectivity index (χ2n) is 7.43. The SMILES string of the molecule is Cc1noc(C)c1S(=O)(=O)N1CC(Nc2nc(N)nc3[nH]ncc23)Cc2ccccc21. The van der Waals surface area contributed by atoms with Gasteiger partial charge in [0.05, 0.1) is 29.9 Å². The highest BCUT2D eigenvalue weighted by molar-refractivity contribution is 7.93. The summed E-state index contributed by atoms with van der Waals surface area (Å²) in [6.07, 6.45) is 2.21. The third-order valence-corrected chi connectivity index (χ3v) is 7.32. The van der Waals surface area contributed by atoms with Crippen LogP contribution in [-0.4, -0.2) is 46.3 Å². The molecule has 0 spiro atoms. The van der Waals surface area contributed by atoms with Gasteiger partial charge in [0.2, 0.25) is 5.95 Å². The Bertz CT molecular complexity index is 1370. The number of sulfonamides is 1. The lowest BCUT2D eigenvalue weighted by molar-refractivity contribution is 0.390. The Morgan fingerprint density at radius 2 is 2.06 bits per heavy atom. The second kappa shape index (κ2) is 6.94. The van der Waals surface area contributed by atoms with Gasteiger partial charge in [0.15, 0.2) is 16.3 Å². The molecule has 0 saturated carbocycles. The highest BCUT2D eigenvalue weighted by atomic mass is 32.2. The Morgan fingerprint density at radius 3 is 2.84 bits per heavy atom. The number of H-pyrrole nitrogens is 1. The maximum atomic E-state index is 13.6. The van der Waals surface area contributed by atoms with Crippen molar-refractivity contribution in [3.63, 3.8) is 0 Å². The Hall–Kier alpha value is -3.67. The third kappa shape index (κ3) is 3.15. The number of aromatic amines is 1. The first-order valence-corrected chi connectivity index (χ1v) is 11.0. The zero-order chi connectivity index (χ0) is 21.8. The van der Waals surface area contributed by atoms with Crippen LogP contribution in [0.1, 0.15) is 17.0 Å². The van der Waals surface area contributed by atoms with Crippen LogP contribution in [-0.2, 0) is 16.4 Å². The average molecular weight is 440 g/mol. The van der Waals surface area contributed by atoms with Crippen molar-refractivity contribution in [2.45, 2.75) is 31.2 Å². The Balaban J connectivity index is 1.56. The van der Waals surface area contributed by atoms with Crippen LogP contribution in [0.2, 0.25) is 0 Å². The van der Waals surface area contributed by atoms with Crippen LogP contribution < -0.4 is 15.4 Å². The molecular formula is C19H20N8O3S. The van der Waals surface area contributed by atoms with Gasteiger partial charge in [-0.25, -0.2) is 8.42 Å². The molecule has 4 aromatic rings. The highest BCUT2D eigenvalue weighted by Gasteiger charge is 2.37. The van der Waals surface area contributed by atoms with Gasteiger partial charge in [0.1, 0.15) is 11.5 Å². The van der Waals surface area contributed by atoms with Gasteiger partial charge in [-0.05, 0) is 31.9 Å². The number of para-hydroxylation sites is 1. The monoisotopic (exact) mass is 440 g/mol. The molecule has 11 nitrogen and oxygen atoms in total. The Kier molecular flexibility index (Phi) is 4.32. The van der Waals surface area contributed by atoms with Crippen LogP contribution in [0.15, 0.2) is 39.9 Å². The van der Waals surface area contributed by atoms with Crippen molar-refractivity contribution in [3.05, 3.63) is 47.5 Å². The predicted molar refractivity (Wildman–Crippen MR) is 114 cm³/mol. The predicted octanol–water partition coefficient (Wildman–Crippen LogP) is 1.77. The normalized spacial score (nSPS) is 16.5. The number of aromatic nitrogens is 5. The number of hydrogen-bond acceptors (Lipinski definition) is 9. The number of fused-ring (bicyclic) bond motifs is 2. The fourth-order valence-corrected chi connectivity index (χ4v) is 5.83. The fourth-order valence-electron chi connectivity index (χ4n) is 3.99. The van der Waals surface area contributed by atoms with Crippen molar-refractivity contribution < 1.29 is 12.9 Å². The van der Waals surface area contributed by atoms with E-state index in [2.05, 4.69) is 30.6 Å². The van der Waals surface area contributed by atoms with Crippen molar-refractivity contribution in [1.82, 2.24) is 25.3 Å². The third-order valence-electron chi connectivity index (χ3n) is 5.30. The van der Waals surface area contributed by atoms with Gasteiger partial charge in [-0.3, -0.25) is 9.40 Å². The maximum absolute atomic E-state index is 13.6. The topological polar surface area (TPSA) is 156 Å². The first-order valence-electron chi connectivity index (χ1n) is 9.61. The number of nitrogen functional groups attached to an aromatic ring is 1. The lowest BCUT2D eigenvalue weighted by Gasteiger charge is -2.35. The first kappa shape index (κ1) is 19.3. The van der Waals surface area contributed by atoms with E-state index in [1.165, 1.54) is 4.31 Å². The minimum Gasteiger partial charge on any atom is -0.368 e. The van der Waals surface area contributed by atoms with E-state index in [0.29, 0.717) is 34.7 Å². The maximum Gasteiger partial charge on any atom is 0.269 e. The van der Waals surface area contributed by atoms with E-state index in [1.54, 1.807) is 26.1 Å². The molecule has 0 bridgehead atoms. The van der Waals surface area contributed by atoms with Gasteiger partial charge in [-0.15, -0.1) is 0 Å². The molecule has 12 heteroatoms. The highest BCUT2D eigenvalue weighted by Crippen LogP contribution is 2.35. The number of nitrogens with two attached hydrogens (primary N) is 1. The standard InChI is InChI=1S/C19H20N8O3S/c1-10-16(11(2)30-26-10)31(28,29)27-9-13(7-12-5-3-4-6-15(12)27)22-17-14-8-21-25-18(14)24-19(20)23-17/h3-6,8,13H,7,9H2,1-2H3,(H4,20,21,22,23,24,25). The Morgan fingerprint density at radius 1 is 1.26 bits per heavy atom. The van der Waals surface area contributed by atoms with Crippen molar-refractivity contribution in [2.24, 2.45) is 0 Å². The summed E-state index contributed by atoms with van der Waals surface area (Å²) in [7, 11) is -3.90. The summed E-state index contributed by atoms with van der Waals surface area (Å²) in [6.45, 7) is 3.40. The zero-order valence-electron chi connectivity index (χ0n) is 16.8. The summed E-state index contributed by atoms with van der Waals surface area (Å²) in [5, 5.41) is 14.6. The molecule has 4 N–H and O–H groups in total. The second-order valence-corrected chi connectivity index (χ2v) is 9.23. The molecule has 0 radical (unpaired) electrons. The van der Waals surface area contributed by atoms with Gasteiger partial charge in [0, 0.05) is 0 Å². The molecule has 1 atom stereocenters. The van der Waals surface area contributed by atoms with Crippen molar-refractivity contribution in [1.29, 1.82) is 0 Å². The van der Waals surface area contributed by atoms with E-state index < -0.39 is 10.0 Å². The largest absolute Gasteiger partial charge is 0.368 e. The van der Waals surface area contributed by atoms with E-state index in [1.807, 2.05) is 18.2 Å². The van der Waals surface area contributed by atoms with Gasteiger partial charge in [-0.2, -0.15) is 15.1 Å². The molecule has 0 fully saturated rings. The van der Waals surface area contributed by atoms with Crippen LogP contribution >= 0.6 is 0 Å². The number of hydrogen-bond donors (Lipinski definition) is 3. The van der Waals surface area contributed by atoms with Crippen molar-refractivity contribution in [2.75, 3.05) is 21.9 Å². The van der Waals surface area contributed by atoms with Crippen molar-refractivity contribution in [3.8, 4) is 0 Å². The van der Waals surface area contributed by atoms with E-state index in [0.717, 1.165) is 5.56 Å². The number of rotatable bonds is 4. The quantitative estimate of drug-likeness (QED) is 0.430. The molecular weight excluding hydrogens is 420 g/mol. The number of nitrogens with zero attached hydrogens (tertiary/aromatic N) is 5. The molecule has 5 rings (SSSR count). The first-order chi connectivity index (χ1) is 14.8. The molecule has 1 aromatic carbocycles. The summed E-state index contributed by atoms with van der Waals surface area (Å²) in [6, 6.07) is 7.16. The number of nitrogens with one attached hydrogen (secondary N) is 2. The molecule has 3 aromatic heterocycles. The molecule has 0 aliphatic carbocycles. The average Bonchev–Trinajstić information content (AvgIpc) is 3.33. The molecule has 160 valence electrons. The summed E-state index contributed by atoms with van der Waals surface area (Å²) in [5.74, 6) is 0.847. The van der Waals surface area contributed by atoms with Gasteiger partial charge in [0.25, 0.3) is 10.0 Å². The van der Waals surface area contributed by atoms with E-state index in [4.69, 9.17) is 10.3 Å². The molecule has 0 saturated heterocycles. The van der Waals surface area contributed by atoms with E-state index in [-0.39, 0.29) is 29.2 Å². The fraction of sp³-hybridized carbons (Fsp3) is 0.263. The van der Waals surface area contributed by atoms with E-state index >= 15 is 0 Å². The van der Waals surface area contributed by atoms with Crippen LogP contribution in [0, 0.1) is 13.8 Å². The van der Waals surface area contributed by atoms with Crippen LogP contribution in [0.5, 0.6) is 0 Å². The molecule has 1 unspecified atom stereocenters. The number of anilines is 3. The van der Waals surface area contributed by atoms with Gasteiger partial charge in [-0.1, -0.05) is 23.4 Å². The molecule has 0 amide bonds. The molecule has 1 aliphatic rings. The minimum atomic E-state index is -3.90. The summed E-state index contributed by atoms with van der Waals surface area (Å²) in [4.78, 5) is 8.50. The lowest BCUT2D eigenvalue weighted by atomic mass is 9.99. The minimum absolute atomic E-state index is 0.0893. The van der Waals surface area contributed by atoms with Gasteiger partial charge < -0.3 is 15.6 Å².